The van der Waals surface area contributed by atoms with Gasteiger partial charge in [0.05, 0.1) is 12.5 Å². The van der Waals surface area contributed by atoms with E-state index in [0.717, 1.165) is 13.0 Å². The Labute approximate surface area is 220 Å². The van der Waals surface area contributed by atoms with Gasteiger partial charge in [-0.25, -0.2) is 0 Å². The third-order valence-corrected chi connectivity index (χ3v) is 6.91. The van der Waals surface area contributed by atoms with Crippen LogP contribution in [0.15, 0.2) is 63.6 Å². The quantitative estimate of drug-likeness (QED) is 0.269. The summed E-state index contributed by atoms with van der Waals surface area (Å²) >= 11 is 0. The number of carboxylic acids is 1. The van der Waals surface area contributed by atoms with Crippen LogP contribution in [0, 0.1) is 5.41 Å². The molecule has 2 aromatic carbocycles. The van der Waals surface area contributed by atoms with Gasteiger partial charge in [-0.1, -0.05) is 64.9 Å². The van der Waals surface area contributed by atoms with Crippen LogP contribution in [-0.4, -0.2) is 44.6 Å². The van der Waals surface area contributed by atoms with Gasteiger partial charge in [-0.15, -0.1) is 0 Å². The number of aromatic nitrogens is 3. The van der Waals surface area contributed by atoms with E-state index in [1.54, 1.807) is 42.5 Å². The van der Waals surface area contributed by atoms with Gasteiger partial charge in [0.15, 0.2) is 0 Å². The molecule has 204 valence electrons. The van der Waals surface area contributed by atoms with Gasteiger partial charge in [0.2, 0.25) is 11.6 Å². The number of alkyl halides is 3. The molecule has 12 heteroatoms. The molecule has 5 rings (SSSR count). The zero-order valence-corrected chi connectivity index (χ0v) is 20.6. The van der Waals surface area contributed by atoms with E-state index in [0.29, 0.717) is 24.1 Å². The highest BCUT2D eigenvalue weighted by Gasteiger charge is 2.43. The molecular formula is C27H25F3N4O5. The molecule has 0 aliphatic carbocycles. The second-order valence-corrected chi connectivity index (χ2v) is 9.72. The molecular weight excluding hydrogens is 517 g/mol. The summed E-state index contributed by atoms with van der Waals surface area (Å²) in [6.07, 6.45) is -3.95. The second kappa shape index (κ2) is 10.6. The van der Waals surface area contributed by atoms with Crippen LogP contribution in [0.1, 0.15) is 42.9 Å². The number of rotatable bonds is 8. The van der Waals surface area contributed by atoms with E-state index in [1.807, 2.05) is 0 Å². The van der Waals surface area contributed by atoms with Crippen LogP contribution in [0.2, 0.25) is 0 Å². The Balaban J connectivity index is 1.37. The number of aliphatic carboxylic acids is 1. The molecule has 0 amide bonds. The summed E-state index contributed by atoms with van der Waals surface area (Å²) in [6, 6.07) is 14.3. The van der Waals surface area contributed by atoms with Gasteiger partial charge < -0.3 is 24.6 Å². The van der Waals surface area contributed by atoms with Gasteiger partial charge in [0.25, 0.3) is 5.89 Å². The maximum absolute atomic E-state index is 14.0. The number of aliphatic hydroxyl groups excluding tert-OH is 1. The monoisotopic (exact) mass is 542 g/mol. The zero-order chi connectivity index (χ0) is 27.6. The molecule has 9 nitrogen and oxygen atoms in total. The van der Waals surface area contributed by atoms with E-state index < -0.39 is 40.9 Å². The molecule has 3 heterocycles. The largest absolute Gasteiger partial charge is 0.481 e. The van der Waals surface area contributed by atoms with Crippen LogP contribution in [0.5, 0.6) is 0 Å². The second-order valence-electron chi connectivity index (χ2n) is 9.72. The maximum atomic E-state index is 14.0. The number of halogens is 3. The Morgan fingerprint density at radius 2 is 1.79 bits per heavy atom. The Kier molecular flexibility index (Phi) is 7.23. The molecule has 0 saturated carbocycles. The van der Waals surface area contributed by atoms with Crippen molar-refractivity contribution in [3.8, 4) is 34.3 Å². The first-order valence-corrected chi connectivity index (χ1v) is 12.3. The van der Waals surface area contributed by atoms with Gasteiger partial charge in [-0.3, -0.25) is 4.79 Å². The third kappa shape index (κ3) is 5.71. The molecule has 1 unspecified atom stereocenters. The van der Waals surface area contributed by atoms with E-state index in [9.17, 15) is 28.2 Å². The van der Waals surface area contributed by atoms with Crippen molar-refractivity contribution >= 4 is 5.97 Å². The van der Waals surface area contributed by atoms with E-state index >= 15 is 0 Å². The van der Waals surface area contributed by atoms with Crippen LogP contribution >= 0.6 is 0 Å². The SMILES string of the molecule is O=C(O)C[C@]1(CC(O)c2ccc(-c3noc(-c4onc(-c5ccccc5)c4C(F)(F)F)n3)cc2)CCCNC1. The van der Waals surface area contributed by atoms with Crippen molar-refractivity contribution in [3.05, 3.63) is 65.7 Å². The summed E-state index contributed by atoms with van der Waals surface area (Å²) in [6.45, 7) is 1.32. The van der Waals surface area contributed by atoms with Crippen molar-refractivity contribution in [2.75, 3.05) is 13.1 Å². The smallest absolute Gasteiger partial charge is 0.422 e. The molecule has 1 saturated heterocycles. The molecule has 2 atom stereocenters. The zero-order valence-electron chi connectivity index (χ0n) is 20.6. The normalized spacial score (nSPS) is 18.7. The third-order valence-electron chi connectivity index (χ3n) is 6.91. The maximum Gasteiger partial charge on any atom is 0.422 e. The average molecular weight is 543 g/mol. The number of carboxylic acid groups (broad SMARTS) is 1. The first-order valence-electron chi connectivity index (χ1n) is 12.3. The van der Waals surface area contributed by atoms with Gasteiger partial charge in [-0.2, -0.15) is 18.2 Å². The Morgan fingerprint density at radius 3 is 2.44 bits per heavy atom. The minimum absolute atomic E-state index is 0.0238. The molecule has 1 aliphatic heterocycles. The predicted octanol–water partition coefficient (Wildman–Crippen LogP) is 5.35. The molecule has 1 aliphatic rings. The molecule has 0 spiro atoms. The van der Waals surface area contributed by atoms with Crippen molar-refractivity contribution in [1.29, 1.82) is 0 Å². The number of benzene rings is 2. The van der Waals surface area contributed by atoms with Crippen molar-refractivity contribution in [3.63, 3.8) is 0 Å². The first kappa shape index (κ1) is 26.6. The molecule has 39 heavy (non-hydrogen) atoms. The summed E-state index contributed by atoms with van der Waals surface area (Å²) < 4.78 is 52.1. The Morgan fingerprint density at radius 1 is 1.05 bits per heavy atom. The Hall–Kier alpha value is -4.03. The van der Waals surface area contributed by atoms with Crippen molar-refractivity contribution in [2.45, 2.75) is 38.0 Å². The van der Waals surface area contributed by atoms with Crippen LogP contribution in [-0.2, 0) is 11.0 Å². The van der Waals surface area contributed by atoms with Gasteiger partial charge >= 0.3 is 12.1 Å². The average Bonchev–Trinajstić information content (AvgIpc) is 3.57. The van der Waals surface area contributed by atoms with Crippen LogP contribution in [0.3, 0.4) is 0 Å². The summed E-state index contributed by atoms with van der Waals surface area (Å²) in [4.78, 5) is 15.5. The molecule has 1 fully saturated rings. The number of nitrogens with one attached hydrogen (secondary N) is 1. The highest BCUT2D eigenvalue weighted by atomic mass is 19.4. The summed E-state index contributed by atoms with van der Waals surface area (Å²) in [5.74, 6) is -2.05. The fourth-order valence-electron chi connectivity index (χ4n) is 5.06. The lowest BCUT2D eigenvalue weighted by Gasteiger charge is -2.38. The molecule has 3 N–H and O–H groups in total. The van der Waals surface area contributed by atoms with E-state index in [1.165, 1.54) is 12.1 Å². The van der Waals surface area contributed by atoms with Crippen LogP contribution in [0.25, 0.3) is 34.3 Å². The highest BCUT2D eigenvalue weighted by Crippen LogP contribution is 2.43. The number of aliphatic hydroxyl groups is 1. The fourth-order valence-corrected chi connectivity index (χ4v) is 5.06. The summed E-state index contributed by atoms with van der Waals surface area (Å²) in [7, 11) is 0. The first-order chi connectivity index (χ1) is 18.7. The molecule has 0 radical (unpaired) electrons. The van der Waals surface area contributed by atoms with E-state index in [2.05, 4.69) is 20.6 Å². The van der Waals surface area contributed by atoms with Gasteiger partial charge in [0.1, 0.15) is 11.3 Å². The number of hydrogen-bond acceptors (Lipinski definition) is 8. The fraction of sp³-hybridized carbons (Fsp3) is 0.333. The minimum atomic E-state index is -4.79. The topological polar surface area (TPSA) is 135 Å². The van der Waals surface area contributed by atoms with Crippen molar-refractivity contribution in [2.24, 2.45) is 5.41 Å². The lowest BCUT2D eigenvalue weighted by molar-refractivity contribution is -0.141. The van der Waals surface area contributed by atoms with Crippen molar-refractivity contribution in [1.82, 2.24) is 20.6 Å². The molecule has 0 bridgehead atoms. The summed E-state index contributed by atoms with van der Waals surface area (Å²) in [5, 5.41) is 30.9. The summed E-state index contributed by atoms with van der Waals surface area (Å²) in [5.41, 5.74) is -0.823. The standard InChI is InChI=1S/C27H25F3N4O5/c28-27(29,30)21-22(17-5-2-1-3-6-17)33-38-23(21)25-32-24(34-39-25)18-9-7-16(8-10-18)19(35)13-26(14-20(36)37)11-4-12-31-15-26/h1-3,5-10,19,31,35H,4,11-15H2,(H,36,37)/t19?,26-/m1/s1. The van der Waals surface area contributed by atoms with Crippen LogP contribution in [0.4, 0.5) is 13.2 Å². The number of hydrogen-bond donors (Lipinski definition) is 3. The lowest BCUT2D eigenvalue weighted by Crippen LogP contribution is -2.42. The number of carbonyl (C=O) groups is 1. The predicted molar refractivity (Wildman–Crippen MR) is 132 cm³/mol. The molecule has 2 aromatic heterocycles. The highest BCUT2D eigenvalue weighted by molar-refractivity contribution is 5.71. The van der Waals surface area contributed by atoms with Gasteiger partial charge in [0, 0.05) is 17.7 Å². The van der Waals surface area contributed by atoms with Crippen LogP contribution < -0.4 is 5.32 Å². The lowest BCUT2D eigenvalue weighted by atomic mass is 9.73. The number of piperidine rings is 1. The van der Waals surface area contributed by atoms with Gasteiger partial charge in [-0.05, 0) is 36.8 Å². The molecule has 4 aromatic rings. The van der Waals surface area contributed by atoms with E-state index in [-0.39, 0.29) is 29.9 Å². The minimum Gasteiger partial charge on any atom is -0.481 e. The Bertz CT molecular complexity index is 1430. The number of nitrogens with zero attached hydrogens (tertiary/aromatic N) is 3. The van der Waals surface area contributed by atoms with Crippen molar-refractivity contribution < 1.29 is 37.2 Å². The van der Waals surface area contributed by atoms with E-state index in [4.69, 9.17) is 9.05 Å².